The summed E-state index contributed by atoms with van der Waals surface area (Å²) in [6.45, 7) is 1.95. The minimum atomic E-state index is -0.675. The smallest absolute Gasteiger partial charge is 0.233 e. The van der Waals surface area contributed by atoms with Gasteiger partial charge in [0.15, 0.2) is 0 Å². The second-order valence-electron chi connectivity index (χ2n) is 5.52. The maximum atomic E-state index is 14.0. The number of halogens is 1. The average molecular weight is 304 g/mol. The summed E-state index contributed by atoms with van der Waals surface area (Å²) in [4.78, 5) is 18.8. The van der Waals surface area contributed by atoms with E-state index < -0.39 is 5.41 Å². The Hall–Kier alpha value is -1.75. The van der Waals surface area contributed by atoms with Gasteiger partial charge in [0.1, 0.15) is 10.8 Å². The van der Waals surface area contributed by atoms with Crippen molar-refractivity contribution in [2.45, 2.75) is 31.2 Å². The Kier molecular flexibility index (Phi) is 3.53. The Balaban J connectivity index is 1.87. The van der Waals surface area contributed by atoms with Gasteiger partial charge in [-0.1, -0.05) is 18.2 Å². The number of carbonyl (C=O) groups is 1. The summed E-state index contributed by atoms with van der Waals surface area (Å²) >= 11 is 1.53. The third-order valence-corrected chi connectivity index (χ3v) is 5.20. The molecule has 2 aromatic rings. The molecule has 1 amide bonds. The Labute approximate surface area is 127 Å². The molecule has 0 N–H and O–H groups in total. The summed E-state index contributed by atoms with van der Waals surface area (Å²) in [5, 5.41) is 2.80. The van der Waals surface area contributed by atoms with Gasteiger partial charge in [0.2, 0.25) is 5.91 Å². The van der Waals surface area contributed by atoms with Gasteiger partial charge in [-0.05, 0) is 25.8 Å². The summed E-state index contributed by atoms with van der Waals surface area (Å²) in [6, 6.07) is 6.49. The molecule has 0 bridgehead atoms. The van der Waals surface area contributed by atoms with E-state index in [0.29, 0.717) is 18.4 Å². The van der Waals surface area contributed by atoms with Crippen molar-refractivity contribution >= 4 is 17.2 Å². The quantitative estimate of drug-likeness (QED) is 0.865. The number of thiazole rings is 1. The molecule has 1 fully saturated rings. The molecule has 0 saturated heterocycles. The number of nitrogens with zero attached hydrogens (tertiary/aromatic N) is 2. The highest BCUT2D eigenvalue weighted by Gasteiger charge is 2.54. The van der Waals surface area contributed by atoms with Crippen LogP contribution in [0.3, 0.4) is 0 Å². The van der Waals surface area contributed by atoms with E-state index in [1.165, 1.54) is 17.4 Å². The second-order valence-corrected chi connectivity index (χ2v) is 6.45. The van der Waals surface area contributed by atoms with Crippen LogP contribution in [0, 0.1) is 5.82 Å². The predicted octanol–water partition coefficient (Wildman–Crippen LogP) is 3.53. The molecule has 1 aliphatic carbocycles. The van der Waals surface area contributed by atoms with Gasteiger partial charge < -0.3 is 4.90 Å². The number of benzene rings is 1. The molecule has 110 valence electrons. The number of likely N-dealkylation sites (N-methyl/N-ethyl adjacent to an activating group) is 1. The van der Waals surface area contributed by atoms with Crippen LogP contribution in [0.5, 0.6) is 0 Å². The fraction of sp³-hybridized carbons (Fsp3) is 0.375. The van der Waals surface area contributed by atoms with E-state index in [0.717, 1.165) is 5.01 Å². The van der Waals surface area contributed by atoms with Crippen LogP contribution in [0.2, 0.25) is 0 Å². The Morgan fingerprint density at radius 1 is 1.43 bits per heavy atom. The lowest BCUT2D eigenvalue weighted by atomic mass is 9.93. The van der Waals surface area contributed by atoms with Gasteiger partial charge in [0.05, 0.1) is 11.5 Å². The zero-order chi connectivity index (χ0) is 15.0. The van der Waals surface area contributed by atoms with Crippen LogP contribution in [0.15, 0.2) is 35.8 Å². The van der Waals surface area contributed by atoms with E-state index in [1.54, 1.807) is 36.3 Å². The number of carbonyl (C=O) groups excluding carboxylic acids is 1. The van der Waals surface area contributed by atoms with Gasteiger partial charge in [0, 0.05) is 24.2 Å². The first-order valence-corrected chi connectivity index (χ1v) is 7.86. The maximum Gasteiger partial charge on any atom is 0.233 e. The van der Waals surface area contributed by atoms with Crippen LogP contribution >= 0.6 is 11.3 Å². The van der Waals surface area contributed by atoms with E-state index in [-0.39, 0.29) is 17.8 Å². The van der Waals surface area contributed by atoms with Crippen molar-refractivity contribution in [3.63, 3.8) is 0 Å². The largest absolute Gasteiger partial charge is 0.336 e. The van der Waals surface area contributed by atoms with E-state index >= 15 is 0 Å². The first-order valence-electron chi connectivity index (χ1n) is 6.98. The first-order chi connectivity index (χ1) is 10.1. The van der Waals surface area contributed by atoms with Crippen molar-refractivity contribution < 1.29 is 9.18 Å². The first kappa shape index (κ1) is 14.2. The third kappa shape index (κ3) is 2.35. The summed E-state index contributed by atoms with van der Waals surface area (Å²) < 4.78 is 14.0. The van der Waals surface area contributed by atoms with Crippen LogP contribution in [-0.2, 0) is 10.2 Å². The van der Waals surface area contributed by atoms with E-state index in [9.17, 15) is 9.18 Å². The van der Waals surface area contributed by atoms with Crippen molar-refractivity contribution in [2.24, 2.45) is 0 Å². The molecule has 1 aromatic heterocycles. The zero-order valence-electron chi connectivity index (χ0n) is 12.0. The number of rotatable bonds is 4. The number of hydrogen-bond acceptors (Lipinski definition) is 3. The Bertz CT molecular complexity index is 652. The summed E-state index contributed by atoms with van der Waals surface area (Å²) in [6.07, 6.45) is 3.15. The zero-order valence-corrected chi connectivity index (χ0v) is 12.9. The fourth-order valence-electron chi connectivity index (χ4n) is 2.69. The van der Waals surface area contributed by atoms with Crippen molar-refractivity contribution in [1.29, 1.82) is 0 Å². The second kappa shape index (κ2) is 5.22. The van der Waals surface area contributed by atoms with Gasteiger partial charge >= 0.3 is 0 Å². The SMILES string of the molecule is C[C@H](c1nccs1)N(C)C(=O)C1(c2ccccc2F)CC1. The van der Waals surface area contributed by atoms with Gasteiger partial charge in [-0.3, -0.25) is 4.79 Å². The number of hydrogen-bond donors (Lipinski definition) is 0. The highest BCUT2D eigenvalue weighted by Crippen LogP contribution is 2.51. The summed E-state index contributed by atoms with van der Waals surface area (Å²) in [5.41, 5.74) is -0.154. The van der Waals surface area contributed by atoms with Crippen molar-refractivity contribution in [3.05, 3.63) is 52.2 Å². The monoisotopic (exact) mass is 304 g/mol. The minimum Gasteiger partial charge on any atom is -0.336 e. The van der Waals surface area contributed by atoms with Crippen molar-refractivity contribution in [1.82, 2.24) is 9.88 Å². The highest BCUT2D eigenvalue weighted by atomic mass is 32.1. The van der Waals surface area contributed by atoms with E-state index in [1.807, 2.05) is 12.3 Å². The molecule has 3 rings (SSSR count). The molecule has 1 saturated carbocycles. The molecule has 1 aromatic carbocycles. The lowest BCUT2D eigenvalue weighted by molar-refractivity contribution is -0.134. The molecule has 21 heavy (non-hydrogen) atoms. The van der Waals surface area contributed by atoms with Crippen molar-refractivity contribution in [3.8, 4) is 0 Å². The van der Waals surface area contributed by atoms with Crippen LogP contribution in [-0.4, -0.2) is 22.8 Å². The normalized spacial score (nSPS) is 17.3. The lowest BCUT2D eigenvalue weighted by Gasteiger charge is -2.28. The molecule has 1 heterocycles. The predicted molar refractivity (Wildman–Crippen MR) is 80.6 cm³/mol. The van der Waals surface area contributed by atoms with E-state index in [2.05, 4.69) is 4.98 Å². The maximum absolute atomic E-state index is 14.0. The Morgan fingerprint density at radius 2 is 2.14 bits per heavy atom. The molecule has 5 heteroatoms. The minimum absolute atomic E-state index is 0.0182. The molecule has 0 unspecified atom stereocenters. The average Bonchev–Trinajstić information content (AvgIpc) is 3.11. The Morgan fingerprint density at radius 3 is 2.71 bits per heavy atom. The third-order valence-electron chi connectivity index (χ3n) is 4.26. The molecule has 1 atom stereocenters. The molecule has 0 aliphatic heterocycles. The van der Waals surface area contributed by atoms with E-state index in [4.69, 9.17) is 0 Å². The van der Waals surface area contributed by atoms with Gasteiger partial charge in [0.25, 0.3) is 0 Å². The molecule has 3 nitrogen and oxygen atoms in total. The summed E-state index contributed by atoms with van der Waals surface area (Å²) in [5.74, 6) is -0.311. The van der Waals surface area contributed by atoms with Gasteiger partial charge in [-0.25, -0.2) is 9.37 Å². The molecular weight excluding hydrogens is 287 g/mol. The number of aromatic nitrogens is 1. The highest BCUT2D eigenvalue weighted by molar-refractivity contribution is 7.09. The van der Waals surface area contributed by atoms with Crippen molar-refractivity contribution in [2.75, 3.05) is 7.05 Å². The topological polar surface area (TPSA) is 33.2 Å². The van der Waals surface area contributed by atoms with Crippen LogP contribution < -0.4 is 0 Å². The molecule has 1 aliphatic rings. The fourth-order valence-corrected chi connectivity index (χ4v) is 3.43. The standard InChI is InChI=1S/C16H17FN2OS/c1-11(14-18-9-10-21-14)19(2)15(20)16(7-8-16)12-5-3-4-6-13(12)17/h3-6,9-11H,7-8H2,1-2H3/t11-/m1/s1. The van der Waals surface area contributed by atoms with Gasteiger partial charge in [-0.2, -0.15) is 0 Å². The molecular formula is C16H17FN2OS. The van der Waals surface area contributed by atoms with Crippen LogP contribution in [0.4, 0.5) is 4.39 Å². The lowest BCUT2D eigenvalue weighted by Crippen LogP contribution is -2.38. The van der Waals surface area contributed by atoms with Gasteiger partial charge in [-0.15, -0.1) is 11.3 Å². The number of amides is 1. The molecule has 0 spiro atoms. The summed E-state index contributed by atoms with van der Waals surface area (Å²) in [7, 11) is 1.77. The van der Waals surface area contributed by atoms with Crippen LogP contribution in [0.1, 0.15) is 36.4 Å². The molecule has 0 radical (unpaired) electrons. The van der Waals surface area contributed by atoms with Crippen LogP contribution in [0.25, 0.3) is 0 Å².